The number of nitrogens with two attached hydrogens (primary N) is 1. The van der Waals surface area contributed by atoms with Gasteiger partial charge in [-0.3, -0.25) is 9.59 Å². The van der Waals surface area contributed by atoms with Crippen molar-refractivity contribution in [3.63, 3.8) is 0 Å². The Labute approximate surface area is 172 Å². The number of amides is 1. The van der Waals surface area contributed by atoms with Gasteiger partial charge in [0.25, 0.3) is 5.91 Å². The quantitative estimate of drug-likeness (QED) is 0.785. The van der Waals surface area contributed by atoms with Crippen molar-refractivity contribution in [2.24, 2.45) is 11.1 Å². The van der Waals surface area contributed by atoms with Crippen molar-refractivity contribution < 1.29 is 18.9 Å². The molecule has 0 atom stereocenters. The molecule has 1 fully saturated rings. The van der Waals surface area contributed by atoms with Crippen molar-refractivity contribution in [3.8, 4) is 0 Å². The van der Waals surface area contributed by atoms with E-state index in [-0.39, 0.29) is 17.7 Å². The molecule has 1 aromatic carbocycles. The van der Waals surface area contributed by atoms with Crippen LogP contribution in [-0.4, -0.2) is 34.6 Å². The molecular weight excluding hydrogens is 367 g/mol. The maximum atomic E-state index is 12.5. The molecule has 0 spiro atoms. The molecule has 0 saturated carbocycles. The third-order valence-electron chi connectivity index (χ3n) is 5.77. The van der Waals surface area contributed by atoms with Crippen LogP contribution in [-0.2, 0) is 20.6 Å². The minimum Gasteiger partial charge on any atom is -0.399 e. The number of rotatable bonds is 5. The fourth-order valence-electron chi connectivity index (χ4n) is 3.61. The average Bonchev–Trinajstić information content (AvgIpc) is 3.00. The molecule has 3 rings (SSSR count). The first-order valence-electron chi connectivity index (χ1n) is 10.0. The first kappa shape index (κ1) is 21.6. The van der Waals surface area contributed by atoms with Crippen molar-refractivity contribution in [1.82, 2.24) is 4.57 Å². The maximum absolute atomic E-state index is 12.5. The molecule has 0 radical (unpaired) electrons. The number of carbonyl (C=O) groups is 2. The minimum absolute atomic E-state index is 0.0868. The van der Waals surface area contributed by atoms with Crippen molar-refractivity contribution >= 4 is 35.2 Å². The smallest absolute Gasteiger partial charge is 0.399 e. The van der Waals surface area contributed by atoms with Crippen LogP contribution in [0.5, 0.6) is 0 Å². The molecule has 6 nitrogen and oxygen atoms in total. The standard InChI is InChI=1S/C22H31BN2O4/c1-20(2,3)11-15(26)12-25-13-17(19(24)27)16-10-14(8-9-18(16)25)23-28-21(4,5)22(6,7)29-23/h8-10,13H,11-12H2,1-7H3,(H2,24,27). The largest absolute Gasteiger partial charge is 0.494 e. The molecule has 1 aliphatic rings. The van der Waals surface area contributed by atoms with Crippen LogP contribution in [0, 0.1) is 5.41 Å². The van der Waals surface area contributed by atoms with Crippen LogP contribution in [0.2, 0.25) is 0 Å². The summed E-state index contributed by atoms with van der Waals surface area (Å²) in [6, 6.07) is 5.69. The predicted molar refractivity (Wildman–Crippen MR) is 115 cm³/mol. The number of aromatic nitrogens is 1. The Morgan fingerprint density at radius 2 is 1.69 bits per heavy atom. The van der Waals surface area contributed by atoms with Crippen LogP contribution in [0.3, 0.4) is 0 Å². The Balaban J connectivity index is 1.98. The van der Waals surface area contributed by atoms with Gasteiger partial charge in [0, 0.05) is 23.5 Å². The molecule has 1 saturated heterocycles. The second-order valence-electron chi connectivity index (χ2n) is 10.2. The van der Waals surface area contributed by atoms with E-state index in [0.717, 1.165) is 11.0 Å². The Morgan fingerprint density at radius 3 is 2.21 bits per heavy atom. The Hall–Kier alpha value is -2.12. The first-order chi connectivity index (χ1) is 13.2. The molecule has 1 amide bonds. The van der Waals surface area contributed by atoms with E-state index in [1.165, 1.54) is 0 Å². The molecule has 1 aliphatic heterocycles. The fraction of sp³-hybridized carbons (Fsp3) is 0.545. The zero-order valence-corrected chi connectivity index (χ0v) is 18.5. The fourth-order valence-corrected chi connectivity index (χ4v) is 3.61. The number of benzene rings is 1. The minimum atomic E-state index is -0.531. The van der Waals surface area contributed by atoms with Crippen LogP contribution in [0.1, 0.15) is 65.2 Å². The maximum Gasteiger partial charge on any atom is 0.494 e. The molecular formula is C22H31BN2O4. The molecule has 7 heteroatoms. The lowest BCUT2D eigenvalue weighted by molar-refractivity contribution is -0.121. The van der Waals surface area contributed by atoms with Gasteiger partial charge < -0.3 is 19.6 Å². The molecule has 0 unspecified atom stereocenters. The van der Waals surface area contributed by atoms with Crippen molar-refractivity contribution in [2.45, 2.75) is 72.6 Å². The van der Waals surface area contributed by atoms with Crippen LogP contribution >= 0.6 is 0 Å². The molecule has 0 aliphatic carbocycles. The number of fused-ring (bicyclic) bond motifs is 1. The topological polar surface area (TPSA) is 83.6 Å². The molecule has 2 heterocycles. The predicted octanol–water partition coefficient (Wildman–Crippen LogP) is 3.04. The van der Waals surface area contributed by atoms with Gasteiger partial charge in [0.05, 0.1) is 23.3 Å². The Bertz CT molecular complexity index is 953. The summed E-state index contributed by atoms with van der Waals surface area (Å²) in [5.74, 6) is -0.413. The third-order valence-corrected chi connectivity index (χ3v) is 5.77. The number of primary amides is 1. The van der Waals surface area contributed by atoms with Gasteiger partial charge in [-0.2, -0.15) is 0 Å². The van der Waals surface area contributed by atoms with Crippen LogP contribution in [0.4, 0.5) is 0 Å². The van der Waals surface area contributed by atoms with Crippen LogP contribution in [0.15, 0.2) is 24.4 Å². The normalized spacial score (nSPS) is 18.4. The van der Waals surface area contributed by atoms with Crippen LogP contribution in [0.25, 0.3) is 10.9 Å². The van der Waals surface area contributed by atoms with E-state index < -0.39 is 24.2 Å². The molecule has 2 N–H and O–H groups in total. The summed E-state index contributed by atoms with van der Waals surface area (Å²) < 4.78 is 14.1. The van der Waals surface area contributed by atoms with E-state index in [2.05, 4.69) is 0 Å². The van der Waals surface area contributed by atoms with Crippen molar-refractivity contribution in [1.29, 1.82) is 0 Å². The monoisotopic (exact) mass is 398 g/mol. The average molecular weight is 398 g/mol. The lowest BCUT2D eigenvalue weighted by Gasteiger charge is -2.32. The van der Waals surface area contributed by atoms with Gasteiger partial charge in [0.15, 0.2) is 5.78 Å². The number of nitrogens with zero attached hydrogens (tertiary/aromatic N) is 1. The van der Waals surface area contributed by atoms with Gasteiger partial charge in [0.2, 0.25) is 0 Å². The molecule has 1 aromatic heterocycles. The van der Waals surface area contributed by atoms with E-state index in [4.69, 9.17) is 15.0 Å². The van der Waals surface area contributed by atoms with Gasteiger partial charge >= 0.3 is 7.12 Å². The van der Waals surface area contributed by atoms with Gasteiger partial charge in [0.1, 0.15) is 0 Å². The zero-order valence-electron chi connectivity index (χ0n) is 18.5. The summed E-state index contributed by atoms with van der Waals surface area (Å²) in [6.45, 7) is 14.3. The lowest BCUT2D eigenvalue weighted by Crippen LogP contribution is -2.41. The summed E-state index contributed by atoms with van der Waals surface area (Å²) in [5, 5.41) is 0.702. The summed E-state index contributed by atoms with van der Waals surface area (Å²) in [7, 11) is -0.531. The van der Waals surface area contributed by atoms with Gasteiger partial charge in [-0.25, -0.2) is 0 Å². The highest BCUT2D eigenvalue weighted by molar-refractivity contribution is 6.62. The van der Waals surface area contributed by atoms with E-state index in [1.54, 1.807) is 10.8 Å². The van der Waals surface area contributed by atoms with Gasteiger partial charge in [-0.1, -0.05) is 32.9 Å². The highest BCUT2D eigenvalue weighted by Gasteiger charge is 2.51. The van der Waals surface area contributed by atoms with Crippen molar-refractivity contribution in [3.05, 3.63) is 30.0 Å². The van der Waals surface area contributed by atoms with Gasteiger partial charge in [-0.05, 0) is 44.6 Å². The number of Topliss-reactive ketones (excluding diaryl/α,β-unsaturated/α-hetero) is 1. The highest BCUT2D eigenvalue weighted by Crippen LogP contribution is 2.36. The number of ketones is 1. The second-order valence-corrected chi connectivity index (χ2v) is 10.2. The zero-order chi connectivity index (χ0) is 21.8. The number of carbonyl (C=O) groups excluding carboxylic acids is 2. The van der Waals surface area contributed by atoms with Crippen LogP contribution < -0.4 is 11.2 Å². The number of hydrogen-bond donors (Lipinski definition) is 1. The van der Waals surface area contributed by atoms with E-state index in [9.17, 15) is 9.59 Å². The molecule has 29 heavy (non-hydrogen) atoms. The van der Waals surface area contributed by atoms with E-state index in [1.807, 2.05) is 66.7 Å². The highest BCUT2D eigenvalue weighted by atomic mass is 16.7. The number of hydrogen-bond acceptors (Lipinski definition) is 4. The lowest BCUT2D eigenvalue weighted by atomic mass is 9.78. The molecule has 0 bridgehead atoms. The first-order valence-corrected chi connectivity index (χ1v) is 10.0. The Morgan fingerprint density at radius 1 is 1.10 bits per heavy atom. The molecule has 2 aromatic rings. The van der Waals surface area contributed by atoms with E-state index >= 15 is 0 Å². The van der Waals surface area contributed by atoms with E-state index in [0.29, 0.717) is 17.4 Å². The SMILES string of the molecule is CC(C)(C)CC(=O)Cn1cc(C(N)=O)c2cc(B3OC(C)(C)C(C)(C)O3)ccc21. The second kappa shape index (κ2) is 6.99. The summed E-state index contributed by atoms with van der Waals surface area (Å²) in [4.78, 5) is 24.5. The third kappa shape index (κ3) is 4.26. The Kier molecular flexibility index (Phi) is 5.20. The summed E-state index contributed by atoms with van der Waals surface area (Å²) >= 11 is 0. The summed E-state index contributed by atoms with van der Waals surface area (Å²) in [6.07, 6.45) is 2.13. The van der Waals surface area contributed by atoms with Crippen molar-refractivity contribution in [2.75, 3.05) is 0 Å². The van der Waals surface area contributed by atoms with Gasteiger partial charge in [-0.15, -0.1) is 0 Å². The summed E-state index contributed by atoms with van der Waals surface area (Å²) in [5.41, 5.74) is 6.62. The molecule has 156 valence electrons.